The van der Waals surface area contributed by atoms with E-state index in [2.05, 4.69) is 15.6 Å². The Labute approximate surface area is 220 Å². The second-order valence-electron chi connectivity index (χ2n) is 11.1. The van der Waals surface area contributed by atoms with Crippen molar-refractivity contribution in [2.24, 2.45) is 5.41 Å². The Hall–Kier alpha value is -3.13. The van der Waals surface area contributed by atoms with E-state index in [0.717, 1.165) is 62.1 Å². The molecule has 0 saturated carbocycles. The summed E-state index contributed by atoms with van der Waals surface area (Å²) in [6.45, 7) is 9.87. The van der Waals surface area contributed by atoms with Crippen LogP contribution in [-0.4, -0.2) is 66.8 Å². The molecule has 2 bridgehead atoms. The van der Waals surface area contributed by atoms with E-state index >= 15 is 0 Å². The third-order valence-corrected chi connectivity index (χ3v) is 7.11. The molecule has 2 aromatic rings. The van der Waals surface area contributed by atoms with E-state index in [1.165, 1.54) is 0 Å². The van der Waals surface area contributed by atoms with Crippen LogP contribution in [0.15, 0.2) is 42.6 Å². The largest absolute Gasteiger partial charge is 0.493 e. The molecule has 8 nitrogen and oxygen atoms in total. The minimum absolute atomic E-state index is 0.0723. The first-order chi connectivity index (χ1) is 17.7. The number of piperidine rings is 1. The topological polar surface area (TPSA) is 92.8 Å². The number of carbonyl (C=O) groups excluding carboxylic acids is 2. The molecular weight excluding hydrogens is 468 g/mol. The molecular formula is C29H40N4O4. The highest BCUT2D eigenvalue weighted by Gasteiger charge is 2.37. The van der Waals surface area contributed by atoms with Gasteiger partial charge in [0.15, 0.2) is 0 Å². The van der Waals surface area contributed by atoms with Crippen LogP contribution in [0.2, 0.25) is 0 Å². The SMILES string of the molecule is CC(C)(C)OC(=O)N1CCC2(CCCNCCCOc3ccccc3-c3ccnc(c3)C(=O)NC2)CC1. The Morgan fingerprint density at radius 3 is 2.62 bits per heavy atom. The van der Waals surface area contributed by atoms with E-state index in [-0.39, 0.29) is 17.4 Å². The standard InChI is InChI=1S/C29H40N4O4/c1-28(2,3)37-27(35)33-17-12-29(13-18-33)11-6-14-30-15-7-19-36-25-9-5-4-8-23(25)22-10-16-31-24(20-22)26(34)32-21-29/h4-5,8-10,16,20,30H,6-7,11-15,17-19,21H2,1-3H3,(H,32,34). The van der Waals surface area contributed by atoms with Gasteiger partial charge >= 0.3 is 6.09 Å². The highest BCUT2D eigenvalue weighted by Crippen LogP contribution is 2.36. The molecule has 1 aromatic heterocycles. The lowest BCUT2D eigenvalue weighted by atomic mass is 9.74. The van der Waals surface area contributed by atoms with E-state index in [4.69, 9.17) is 9.47 Å². The lowest BCUT2D eigenvalue weighted by Crippen LogP contribution is -2.49. The van der Waals surface area contributed by atoms with E-state index in [1.54, 1.807) is 11.1 Å². The first kappa shape index (κ1) is 26.9. The number of rotatable bonds is 0. The number of pyridine rings is 1. The van der Waals surface area contributed by atoms with E-state index < -0.39 is 5.60 Å². The Kier molecular flexibility index (Phi) is 8.69. The van der Waals surface area contributed by atoms with Gasteiger partial charge in [-0.05, 0) is 95.1 Å². The number of ether oxygens (including phenoxy) is 2. The maximum absolute atomic E-state index is 13.2. The molecule has 0 atom stereocenters. The summed E-state index contributed by atoms with van der Waals surface area (Å²) in [4.78, 5) is 31.9. The number of hydrogen-bond acceptors (Lipinski definition) is 6. The molecule has 1 saturated heterocycles. The number of nitrogens with one attached hydrogen (secondary N) is 2. The number of amides is 2. The Bertz CT molecular complexity index is 1070. The third-order valence-electron chi connectivity index (χ3n) is 7.11. The number of aromatic nitrogens is 1. The zero-order valence-corrected chi connectivity index (χ0v) is 22.3. The Morgan fingerprint density at radius 1 is 1.08 bits per heavy atom. The van der Waals surface area contributed by atoms with Crippen molar-refractivity contribution < 1.29 is 19.1 Å². The molecule has 4 rings (SSSR count). The van der Waals surface area contributed by atoms with Gasteiger partial charge in [0.25, 0.3) is 5.91 Å². The lowest BCUT2D eigenvalue weighted by molar-refractivity contribution is 0.00854. The summed E-state index contributed by atoms with van der Waals surface area (Å²) >= 11 is 0. The van der Waals surface area contributed by atoms with E-state index in [0.29, 0.717) is 31.9 Å². The van der Waals surface area contributed by atoms with Gasteiger partial charge in [-0.2, -0.15) is 0 Å². The van der Waals surface area contributed by atoms with Crippen molar-refractivity contribution >= 4 is 12.0 Å². The summed E-state index contributed by atoms with van der Waals surface area (Å²) in [6.07, 6.45) is 5.93. The van der Waals surface area contributed by atoms with Gasteiger partial charge in [-0.1, -0.05) is 18.2 Å². The molecule has 0 radical (unpaired) electrons. The molecule has 2 aliphatic rings. The molecule has 0 unspecified atom stereocenters. The number of carbonyl (C=O) groups is 2. The van der Waals surface area contributed by atoms with Crippen molar-refractivity contribution in [3.05, 3.63) is 48.3 Å². The minimum Gasteiger partial charge on any atom is -0.493 e. The van der Waals surface area contributed by atoms with Gasteiger partial charge in [0.2, 0.25) is 0 Å². The summed E-state index contributed by atoms with van der Waals surface area (Å²) in [7, 11) is 0. The molecule has 1 spiro atoms. The molecule has 8 heteroatoms. The smallest absolute Gasteiger partial charge is 0.410 e. The number of para-hydroxylation sites is 1. The van der Waals surface area contributed by atoms with Gasteiger partial charge in [-0.25, -0.2) is 4.79 Å². The van der Waals surface area contributed by atoms with E-state index in [9.17, 15) is 9.59 Å². The summed E-state index contributed by atoms with van der Waals surface area (Å²) in [6, 6.07) is 11.6. The molecule has 200 valence electrons. The summed E-state index contributed by atoms with van der Waals surface area (Å²) in [5.41, 5.74) is 1.65. The van der Waals surface area contributed by atoms with E-state index in [1.807, 2.05) is 57.2 Å². The number of nitrogens with zero attached hydrogens (tertiary/aromatic N) is 2. The monoisotopic (exact) mass is 508 g/mol. The zero-order chi connectivity index (χ0) is 26.3. The minimum atomic E-state index is -0.514. The fourth-order valence-corrected chi connectivity index (χ4v) is 5.01. The van der Waals surface area contributed by atoms with Gasteiger partial charge < -0.3 is 25.0 Å². The molecule has 1 aromatic carbocycles. The number of hydrogen-bond donors (Lipinski definition) is 2. The second-order valence-corrected chi connectivity index (χ2v) is 11.1. The van der Waals surface area contributed by atoms with Crippen LogP contribution in [0, 0.1) is 5.41 Å². The van der Waals surface area contributed by atoms with Crippen LogP contribution in [0.25, 0.3) is 11.1 Å². The van der Waals surface area contributed by atoms with Crippen molar-refractivity contribution in [2.75, 3.05) is 39.3 Å². The van der Waals surface area contributed by atoms with Crippen molar-refractivity contribution in [1.82, 2.24) is 20.5 Å². The maximum Gasteiger partial charge on any atom is 0.410 e. The predicted octanol–water partition coefficient (Wildman–Crippen LogP) is 4.65. The Balaban J connectivity index is 1.50. The molecule has 2 aliphatic heterocycles. The number of fused-ring (bicyclic) bond motifs is 4. The lowest BCUT2D eigenvalue weighted by Gasteiger charge is -2.42. The van der Waals surface area contributed by atoms with Crippen molar-refractivity contribution in [3.63, 3.8) is 0 Å². The van der Waals surface area contributed by atoms with Gasteiger partial charge in [0, 0.05) is 31.4 Å². The first-order valence-corrected chi connectivity index (χ1v) is 13.4. The zero-order valence-electron chi connectivity index (χ0n) is 22.3. The molecule has 37 heavy (non-hydrogen) atoms. The first-order valence-electron chi connectivity index (χ1n) is 13.4. The quantitative estimate of drug-likeness (QED) is 0.538. The highest BCUT2D eigenvalue weighted by atomic mass is 16.6. The molecule has 3 heterocycles. The molecule has 2 amide bonds. The third kappa shape index (κ3) is 7.44. The van der Waals surface area contributed by atoms with Crippen LogP contribution in [0.3, 0.4) is 0 Å². The average Bonchev–Trinajstić information content (AvgIpc) is 2.88. The van der Waals surface area contributed by atoms with Gasteiger partial charge in [0.05, 0.1) is 6.61 Å². The average molecular weight is 509 g/mol. The van der Waals surface area contributed by atoms with Crippen LogP contribution < -0.4 is 15.4 Å². The van der Waals surface area contributed by atoms with Crippen molar-refractivity contribution in [1.29, 1.82) is 0 Å². The summed E-state index contributed by atoms with van der Waals surface area (Å²) in [5.74, 6) is 0.622. The van der Waals surface area contributed by atoms with Crippen LogP contribution in [-0.2, 0) is 4.74 Å². The van der Waals surface area contributed by atoms with Gasteiger partial charge in [0.1, 0.15) is 17.0 Å². The Morgan fingerprint density at radius 2 is 1.84 bits per heavy atom. The van der Waals surface area contributed by atoms with Gasteiger partial charge in [-0.15, -0.1) is 0 Å². The molecule has 0 aliphatic carbocycles. The molecule has 1 fully saturated rings. The predicted molar refractivity (Wildman–Crippen MR) is 144 cm³/mol. The second kappa shape index (κ2) is 11.9. The summed E-state index contributed by atoms with van der Waals surface area (Å²) in [5, 5.41) is 6.70. The van der Waals surface area contributed by atoms with Crippen LogP contribution >= 0.6 is 0 Å². The maximum atomic E-state index is 13.2. The van der Waals surface area contributed by atoms with Crippen LogP contribution in [0.5, 0.6) is 5.75 Å². The van der Waals surface area contributed by atoms with Crippen molar-refractivity contribution in [3.8, 4) is 16.9 Å². The summed E-state index contributed by atoms with van der Waals surface area (Å²) < 4.78 is 11.7. The highest BCUT2D eigenvalue weighted by molar-refractivity contribution is 5.93. The number of likely N-dealkylation sites (tertiary alicyclic amines) is 1. The van der Waals surface area contributed by atoms with Gasteiger partial charge in [-0.3, -0.25) is 9.78 Å². The van der Waals surface area contributed by atoms with Crippen LogP contribution in [0.4, 0.5) is 4.79 Å². The normalized spacial score (nSPS) is 19.2. The fraction of sp³-hybridized carbons (Fsp3) is 0.552. The number of benzene rings is 1. The van der Waals surface area contributed by atoms with Crippen molar-refractivity contribution in [2.45, 2.75) is 58.5 Å². The fourth-order valence-electron chi connectivity index (χ4n) is 5.01. The van der Waals surface area contributed by atoms with Crippen LogP contribution in [0.1, 0.15) is 63.4 Å². The molecule has 2 N–H and O–H groups in total.